The normalized spacial score (nSPS) is 21.8. The van der Waals surface area contributed by atoms with Gasteiger partial charge in [0.25, 0.3) is 0 Å². The SMILES string of the molecule is CC(C)CN(C(=O)CCN1C(=O)[C@H]2CCCC[C@H]2C1=O)c1nc2ccccc2s1. The number of amides is 3. The fraction of sp³-hybridized carbons (Fsp3) is 0.545. The minimum Gasteiger partial charge on any atom is -0.288 e. The van der Waals surface area contributed by atoms with Crippen LogP contribution in [-0.2, 0) is 14.4 Å². The highest BCUT2D eigenvalue weighted by atomic mass is 32.1. The average molecular weight is 414 g/mol. The average Bonchev–Trinajstić information content (AvgIpc) is 3.24. The van der Waals surface area contributed by atoms with Crippen LogP contribution >= 0.6 is 11.3 Å². The van der Waals surface area contributed by atoms with Gasteiger partial charge in [0.05, 0.1) is 22.1 Å². The van der Waals surface area contributed by atoms with Crippen molar-refractivity contribution in [1.82, 2.24) is 9.88 Å². The molecule has 4 rings (SSSR count). The molecule has 2 aliphatic rings. The molecule has 1 aromatic carbocycles. The number of rotatable bonds is 6. The van der Waals surface area contributed by atoms with Crippen molar-refractivity contribution >= 4 is 44.4 Å². The Morgan fingerprint density at radius 2 is 1.83 bits per heavy atom. The van der Waals surface area contributed by atoms with E-state index in [1.54, 1.807) is 4.90 Å². The van der Waals surface area contributed by atoms with Gasteiger partial charge in [0.1, 0.15) is 0 Å². The third kappa shape index (κ3) is 3.92. The monoisotopic (exact) mass is 413 g/mol. The summed E-state index contributed by atoms with van der Waals surface area (Å²) in [6.45, 7) is 4.85. The fourth-order valence-electron chi connectivity index (χ4n) is 4.42. The van der Waals surface area contributed by atoms with Crippen molar-refractivity contribution in [2.75, 3.05) is 18.0 Å². The minimum atomic E-state index is -0.164. The standard InChI is InChI=1S/C22H27N3O3S/c1-14(2)13-25(22-23-17-9-5-6-10-18(17)29-22)19(26)11-12-24-20(27)15-7-3-4-8-16(15)21(24)28/h5-6,9-10,14-16H,3-4,7-8,11-13H2,1-2H3/t15-,16+. The van der Waals surface area contributed by atoms with Gasteiger partial charge in [0.2, 0.25) is 17.7 Å². The summed E-state index contributed by atoms with van der Waals surface area (Å²) >= 11 is 1.50. The number of likely N-dealkylation sites (tertiary alicyclic amines) is 1. The van der Waals surface area contributed by atoms with E-state index in [9.17, 15) is 14.4 Å². The molecule has 1 aliphatic carbocycles. The summed E-state index contributed by atoms with van der Waals surface area (Å²) in [6, 6.07) is 7.84. The molecule has 29 heavy (non-hydrogen) atoms. The van der Waals surface area contributed by atoms with Crippen molar-refractivity contribution in [3.63, 3.8) is 0 Å². The Labute approximate surface area is 174 Å². The third-order valence-corrected chi connectivity index (χ3v) is 6.90. The molecule has 0 spiro atoms. The summed E-state index contributed by atoms with van der Waals surface area (Å²) in [5, 5.41) is 0.678. The molecule has 1 aliphatic heterocycles. The van der Waals surface area contributed by atoms with E-state index in [0.717, 1.165) is 35.9 Å². The van der Waals surface area contributed by atoms with E-state index < -0.39 is 0 Å². The molecule has 1 saturated heterocycles. The zero-order chi connectivity index (χ0) is 20.5. The molecule has 7 heteroatoms. The molecule has 2 fully saturated rings. The number of imide groups is 1. The Hall–Kier alpha value is -2.28. The lowest BCUT2D eigenvalue weighted by atomic mass is 9.81. The van der Waals surface area contributed by atoms with Crippen LogP contribution in [0.1, 0.15) is 46.0 Å². The van der Waals surface area contributed by atoms with E-state index in [4.69, 9.17) is 0 Å². The Balaban J connectivity index is 1.48. The lowest BCUT2D eigenvalue weighted by Crippen LogP contribution is -2.39. The molecule has 0 radical (unpaired) electrons. The number of aromatic nitrogens is 1. The van der Waals surface area contributed by atoms with E-state index >= 15 is 0 Å². The molecule has 2 heterocycles. The van der Waals surface area contributed by atoms with E-state index in [0.29, 0.717) is 11.7 Å². The number of anilines is 1. The largest absolute Gasteiger partial charge is 0.288 e. The Morgan fingerprint density at radius 3 is 2.45 bits per heavy atom. The van der Waals surface area contributed by atoms with Crippen LogP contribution in [0.25, 0.3) is 10.2 Å². The zero-order valence-corrected chi connectivity index (χ0v) is 17.8. The highest BCUT2D eigenvalue weighted by Crippen LogP contribution is 2.38. The van der Waals surface area contributed by atoms with Gasteiger partial charge in [-0.25, -0.2) is 4.98 Å². The molecule has 1 aromatic heterocycles. The molecule has 0 bridgehead atoms. The summed E-state index contributed by atoms with van der Waals surface area (Å²) in [4.78, 5) is 46.1. The second-order valence-electron chi connectivity index (χ2n) is 8.44. The van der Waals surface area contributed by atoms with Gasteiger partial charge in [0.15, 0.2) is 5.13 Å². The van der Waals surface area contributed by atoms with Crippen molar-refractivity contribution in [3.05, 3.63) is 24.3 Å². The van der Waals surface area contributed by atoms with Gasteiger partial charge in [-0.05, 0) is 30.9 Å². The van der Waals surface area contributed by atoms with Crippen LogP contribution in [0.4, 0.5) is 5.13 Å². The van der Waals surface area contributed by atoms with Gasteiger partial charge in [-0.15, -0.1) is 0 Å². The first-order valence-electron chi connectivity index (χ1n) is 10.5. The first kappa shape index (κ1) is 20.0. The number of benzene rings is 1. The van der Waals surface area contributed by atoms with Crippen LogP contribution in [0.5, 0.6) is 0 Å². The summed E-state index contributed by atoms with van der Waals surface area (Å²) in [7, 11) is 0. The summed E-state index contributed by atoms with van der Waals surface area (Å²) in [5.74, 6) is -0.298. The van der Waals surface area contributed by atoms with Crippen molar-refractivity contribution in [2.45, 2.75) is 46.0 Å². The predicted octanol–water partition coefficient (Wildman–Crippen LogP) is 3.85. The van der Waals surface area contributed by atoms with Crippen LogP contribution in [0.3, 0.4) is 0 Å². The number of carbonyl (C=O) groups is 3. The number of hydrogen-bond acceptors (Lipinski definition) is 5. The van der Waals surface area contributed by atoms with Crippen LogP contribution in [0.2, 0.25) is 0 Å². The first-order valence-corrected chi connectivity index (χ1v) is 11.3. The maximum absolute atomic E-state index is 13.1. The van der Waals surface area contributed by atoms with Gasteiger partial charge in [-0.3, -0.25) is 24.2 Å². The second kappa shape index (κ2) is 8.22. The molecular weight excluding hydrogens is 386 g/mol. The van der Waals surface area contributed by atoms with Gasteiger partial charge >= 0.3 is 0 Å². The first-order chi connectivity index (χ1) is 14.0. The number of nitrogens with zero attached hydrogens (tertiary/aromatic N) is 3. The van der Waals surface area contributed by atoms with Crippen molar-refractivity contribution < 1.29 is 14.4 Å². The smallest absolute Gasteiger partial charge is 0.233 e. The van der Waals surface area contributed by atoms with E-state index in [1.807, 2.05) is 24.3 Å². The van der Waals surface area contributed by atoms with E-state index in [2.05, 4.69) is 18.8 Å². The summed E-state index contributed by atoms with van der Waals surface area (Å²) in [5.41, 5.74) is 0.878. The van der Waals surface area contributed by atoms with Gasteiger partial charge in [-0.2, -0.15) is 0 Å². The third-order valence-electron chi connectivity index (χ3n) is 5.84. The Morgan fingerprint density at radius 1 is 1.17 bits per heavy atom. The number of hydrogen-bond donors (Lipinski definition) is 0. The lowest BCUT2D eigenvalue weighted by molar-refractivity contribution is -0.140. The van der Waals surface area contributed by atoms with E-state index in [-0.39, 0.29) is 48.4 Å². The number of para-hydroxylation sites is 1. The topological polar surface area (TPSA) is 70.6 Å². The van der Waals surface area contributed by atoms with Crippen molar-refractivity contribution in [1.29, 1.82) is 0 Å². The van der Waals surface area contributed by atoms with Crippen LogP contribution in [-0.4, -0.2) is 40.7 Å². The molecule has 2 atom stereocenters. The molecule has 3 amide bonds. The summed E-state index contributed by atoms with van der Waals surface area (Å²) in [6.07, 6.45) is 3.74. The molecule has 0 N–H and O–H groups in total. The maximum Gasteiger partial charge on any atom is 0.233 e. The lowest BCUT2D eigenvalue weighted by Gasteiger charge is -2.23. The quantitative estimate of drug-likeness (QED) is 0.675. The molecule has 2 aromatic rings. The van der Waals surface area contributed by atoms with Crippen LogP contribution in [0, 0.1) is 17.8 Å². The van der Waals surface area contributed by atoms with Crippen molar-refractivity contribution in [2.24, 2.45) is 17.8 Å². The summed E-state index contributed by atoms with van der Waals surface area (Å²) < 4.78 is 1.04. The van der Waals surface area contributed by atoms with Gasteiger partial charge in [0, 0.05) is 19.5 Å². The molecular formula is C22H27N3O3S. The highest BCUT2D eigenvalue weighted by molar-refractivity contribution is 7.22. The van der Waals surface area contributed by atoms with Gasteiger partial charge in [-0.1, -0.05) is 50.2 Å². The maximum atomic E-state index is 13.1. The predicted molar refractivity (Wildman–Crippen MR) is 114 cm³/mol. The van der Waals surface area contributed by atoms with Gasteiger partial charge < -0.3 is 0 Å². The minimum absolute atomic E-state index is 0.0807. The second-order valence-corrected chi connectivity index (χ2v) is 9.45. The van der Waals surface area contributed by atoms with Crippen molar-refractivity contribution in [3.8, 4) is 0 Å². The number of thiazole rings is 1. The molecule has 1 saturated carbocycles. The van der Waals surface area contributed by atoms with Crippen LogP contribution < -0.4 is 4.90 Å². The highest BCUT2D eigenvalue weighted by Gasteiger charge is 2.47. The zero-order valence-electron chi connectivity index (χ0n) is 17.0. The fourth-order valence-corrected chi connectivity index (χ4v) is 5.41. The van der Waals surface area contributed by atoms with Crippen LogP contribution in [0.15, 0.2) is 24.3 Å². The molecule has 0 unspecified atom stereocenters. The van der Waals surface area contributed by atoms with E-state index in [1.165, 1.54) is 16.2 Å². The number of fused-ring (bicyclic) bond motifs is 2. The molecule has 154 valence electrons. The molecule has 6 nitrogen and oxygen atoms in total. The Kier molecular flexibility index (Phi) is 5.67. The Bertz CT molecular complexity index is 881. The number of carbonyl (C=O) groups excluding carboxylic acids is 3.